The lowest BCUT2D eigenvalue weighted by molar-refractivity contribution is 0.820. The Bertz CT molecular complexity index is 686. The van der Waals surface area contributed by atoms with Crippen molar-refractivity contribution in [2.24, 2.45) is 0 Å². The van der Waals surface area contributed by atoms with Crippen LogP contribution in [-0.2, 0) is 6.42 Å². The van der Waals surface area contributed by atoms with Gasteiger partial charge in [0, 0.05) is 18.7 Å². The number of H-pyrrole nitrogens is 1. The second kappa shape index (κ2) is 5.78. The van der Waals surface area contributed by atoms with Gasteiger partial charge in [-0.3, -0.25) is 0 Å². The Labute approximate surface area is 119 Å². The predicted molar refractivity (Wildman–Crippen MR) is 84.1 cm³/mol. The number of aromatic nitrogens is 2. The Balaban J connectivity index is 1.56. The van der Waals surface area contributed by atoms with Crippen molar-refractivity contribution in [2.45, 2.75) is 19.8 Å². The van der Waals surface area contributed by atoms with Crippen LogP contribution < -0.4 is 5.32 Å². The number of hydrogen-bond donors (Lipinski definition) is 2. The first-order valence-corrected chi connectivity index (χ1v) is 7.06. The number of aromatic amines is 1. The number of benzene rings is 2. The van der Waals surface area contributed by atoms with E-state index in [1.165, 1.54) is 11.3 Å². The summed E-state index contributed by atoms with van der Waals surface area (Å²) < 4.78 is 0. The smallest absolute Gasteiger partial charge is 0.107 e. The molecule has 1 heterocycles. The van der Waals surface area contributed by atoms with Gasteiger partial charge in [-0.1, -0.05) is 30.3 Å². The minimum atomic E-state index is 0.958. The maximum Gasteiger partial charge on any atom is 0.107 e. The summed E-state index contributed by atoms with van der Waals surface area (Å²) in [5, 5.41) is 3.42. The average Bonchev–Trinajstić information content (AvgIpc) is 2.89. The zero-order valence-corrected chi connectivity index (χ0v) is 11.7. The maximum absolute atomic E-state index is 4.67. The largest absolute Gasteiger partial charge is 0.385 e. The van der Waals surface area contributed by atoms with Crippen molar-refractivity contribution in [2.75, 3.05) is 11.9 Å². The van der Waals surface area contributed by atoms with Crippen molar-refractivity contribution in [3.8, 4) is 0 Å². The standard InChI is InChI=1S/C17H19N3/c1-13-7-5-10-15-17(13)20-16(19-15)11-6-12-18-14-8-3-2-4-9-14/h2-5,7-10,18H,6,11-12H2,1H3,(H,19,20). The number of nitrogens with zero attached hydrogens (tertiary/aromatic N) is 1. The van der Waals surface area contributed by atoms with E-state index in [0.717, 1.165) is 36.2 Å². The zero-order chi connectivity index (χ0) is 13.8. The quantitative estimate of drug-likeness (QED) is 0.686. The van der Waals surface area contributed by atoms with Crippen LogP contribution in [0.15, 0.2) is 48.5 Å². The molecule has 0 radical (unpaired) electrons. The Morgan fingerprint density at radius 2 is 1.90 bits per heavy atom. The summed E-state index contributed by atoms with van der Waals surface area (Å²) in [4.78, 5) is 8.07. The third-order valence-corrected chi connectivity index (χ3v) is 3.46. The van der Waals surface area contributed by atoms with Crippen LogP contribution in [0.4, 0.5) is 5.69 Å². The van der Waals surface area contributed by atoms with Gasteiger partial charge in [-0.25, -0.2) is 4.98 Å². The average molecular weight is 265 g/mol. The summed E-state index contributed by atoms with van der Waals surface area (Å²) in [5.74, 6) is 1.07. The van der Waals surface area contributed by atoms with Crippen LogP contribution in [0.5, 0.6) is 0 Å². The molecule has 0 aliphatic rings. The minimum absolute atomic E-state index is 0.958. The summed E-state index contributed by atoms with van der Waals surface area (Å²) in [6, 6.07) is 16.5. The molecular formula is C17H19N3. The molecule has 0 saturated carbocycles. The number of rotatable bonds is 5. The van der Waals surface area contributed by atoms with Gasteiger partial charge < -0.3 is 10.3 Å². The van der Waals surface area contributed by atoms with Gasteiger partial charge in [-0.2, -0.15) is 0 Å². The molecule has 0 aliphatic heterocycles. The highest BCUT2D eigenvalue weighted by Gasteiger charge is 2.04. The molecule has 1 aromatic heterocycles. The molecule has 2 aromatic carbocycles. The fraction of sp³-hybridized carbons (Fsp3) is 0.235. The van der Waals surface area contributed by atoms with Gasteiger partial charge >= 0.3 is 0 Å². The fourth-order valence-corrected chi connectivity index (χ4v) is 2.39. The van der Waals surface area contributed by atoms with Crippen LogP contribution >= 0.6 is 0 Å². The molecule has 3 nitrogen and oxygen atoms in total. The van der Waals surface area contributed by atoms with E-state index in [0.29, 0.717) is 0 Å². The maximum atomic E-state index is 4.67. The van der Waals surface area contributed by atoms with E-state index in [4.69, 9.17) is 0 Å². The molecule has 20 heavy (non-hydrogen) atoms. The lowest BCUT2D eigenvalue weighted by Crippen LogP contribution is -2.03. The second-order valence-corrected chi connectivity index (χ2v) is 5.05. The highest BCUT2D eigenvalue weighted by atomic mass is 14.9. The van der Waals surface area contributed by atoms with Crippen LogP contribution in [0, 0.1) is 6.92 Å². The van der Waals surface area contributed by atoms with E-state index in [9.17, 15) is 0 Å². The number of hydrogen-bond acceptors (Lipinski definition) is 2. The summed E-state index contributed by atoms with van der Waals surface area (Å²) in [6.07, 6.45) is 2.03. The topological polar surface area (TPSA) is 40.7 Å². The zero-order valence-electron chi connectivity index (χ0n) is 11.7. The van der Waals surface area contributed by atoms with Gasteiger partial charge in [0.2, 0.25) is 0 Å². The van der Waals surface area contributed by atoms with Gasteiger partial charge in [0.1, 0.15) is 5.82 Å². The molecule has 102 valence electrons. The van der Waals surface area contributed by atoms with Crippen molar-refractivity contribution in [1.29, 1.82) is 0 Å². The van der Waals surface area contributed by atoms with Crippen LogP contribution in [-0.4, -0.2) is 16.5 Å². The third kappa shape index (κ3) is 2.82. The van der Waals surface area contributed by atoms with Crippen molar-refractivity contribution in [3.63, 3.8) is 0 Å². The third-order valence-electron chi connectivity index (χ3n) is 3.46. The lowest BCUT2D eigenvalue weighted by atomic mass is 10.2. The first-order chi connectivity index (χ1) is 9.83. The molecule has 0 spiro atoms. The highest BCUT2D eigenvalue weighted by Crippen LogP contribution is 2.16. The van der Waals surface area contributed by atoms with E-state index < -0.39 is 0 Å². The predicted octanol–water partition coefficient (Wildman–Crippen LogP) is 3.92. The number of fused-ring (bicyclic) bond motifs is 1. The molecule has 0 fully saturated rings. The molecular weight excluding hydrogens is 246 g/mol. The first kappa shape index (κ1) is 12.7. The van der Waals surface area contributed by atoms with Gasteiger partial charge in [0.05, 0.1) is 11.0 Å². The van der Waals surface area contributed by atoms with Crippen molar-refractivity contribution in [3.05, 3.63) is 59.9 Å². The molecule has 0 aliphatic carbocycles. The lowest BCUT2D eigenvalue weighted by Gasteiger charge is -2.04. The normalized spacial score (nSPS) is 10.8. The van der Waals surface area contributed by atoms with Crippen LogP contribution in [0.1, 0.15) is 17.8 Å². The number of nitrogens with one attached hydrogen (secondary N) is 2. The molecule has 3 rings (SSSR count). The summed E-state index contributed by atoms with van der Waals surface area (Å²) in [6.45, 7) is 3.06. The number of aryl methyl sites for hydroxylation is 2. The molecule has 3 heteroatoms. The summed E-state index contributed by atoms with van der Waals surface area (Å²) >= 11 is 0. The van der Waals surface area contributed by atoms with Crippen LogP contribution in [0.25, 0.3) is 11.0 Å². The highest BCUT2D eigenvalue weighted by molar-refractivity contribution is 5.78. The van der Waals surface area contributed by atoms with E-state index in [2.05, 4.69) is 52.5 Å². The van der Waals surface area contributed by atoms with E-state index >= 15 is 0 Å². The number of anilines is 1. The summed E-state index contributed by atoms with van der Waals surface area (Å²) in [5.41, 5.74) is 4.63. The molecule has 0 unspecified atom stereocenters. The van der Waals surface area contributed by atoms with E-state index in [1.807, 2.05) is 18.2 Å². The molecule has 2 N–H and O–H groups in total. The number of imidazole rings is 1. The molecule has 3 aromatic rings. The van der Waals surface area contributed by atoms with E-state index in [1.54, 1.807) is 0 Å². The van der Waals surface area contributed by atoms with E-state index in [-0.39, 0.29) is 0 Å². The first-order valence-electron chi connectivity index (χ1n) is 7.06. The SMILES string of the molecule is Cc1cccc2[nH]c(CCCNc3ccccc3)nc12. The van der Waals surface area contributed by atoms with Crippen LogP contribution in [0.3, 0.4) is 0 Å². The van der Waals surface area contributed by atoms with Gasteiger partial charge in [-0.05, 0) is 37.1 Å². The Morgan fingerprint density at radius 3 is 2.70 bits per heavy atom. The minimum Gasteiger partial charge on any atom is -0.385 e. The summed E-state index contributed by atoms with van der Waals surface area (Å²) in [7, 11) is 0. The molecule has 0 saturated heterocycles. The Kier molecular flexibility index (Phi) is 3.68. The molecule has 0 bridgehead atoms. The fourth-order valence-electron chi connectivity index (χ4n) is 2.39. The van der Waals surface area contributed by atoms with Gasteiger partial charge in [0.15, 0.2) is 0 Å². The van der Waals surface area contributed by atoms with Crippen molar-refractivity contribution >= 4 is 16.7 Å². The van der Waals surface area contributed by atoms with Gasteiger partial charge in [0.25, 0.3) is 0 Å². The second-order valence-electron chi connectivity index (χ2n) is 5.05. The van der Waals surface area contributed by atoms with Gasteiger partial charge in [-0.15, -0.1) is 0 Å². The Morgan fingerprint density at radius 1 is 1.05 bits per heavy atom. The van der Waals surface area contributed by atoms with Crippen molar-refractivity contribution in [1.82, 2.24) is 9.97 Å². The van der Waals surface area contributed by atoms with Crippen molar-refractivity contribution < 1.29 is 0 Å². The van der Waals surface area contributed by atoms with Crippen LogP contribution in [0.2, 0.25) is 0 Å². The Hall–Kier alpha value is -2.29. The number of para-hydroxylation sites is 2. The monoisotopic (exact) mass is 265 g/mol. The molecule has 0 amide bonds. The molecule has 0 atom stereocenters.